The maximum atomic E-state index is 11.6. The Morgan fingerprint density at radius 1 is 0.719 bits per heavy atom. The smallest absolute Gasteiger partial charge is 0.184 e. The second-order valence-corrected chi connectivity index (χ2v) is 8.21. The van der Waals surface area contributed by atoms with Gasteiger partial charge in [-0.1, -0.05) is 0 Å². The van der Waals surface area contributed by atoms with Crippen LogP contribution in [0.5, 0.6) is 0 Å². The molecule has 0 bridgehead atoms. The third-order valence-electron chi connectivity index (χ3n) is 6.36. The van der Waals surface area contributed by atoms with Gasteiger partial charge in [0.25, 0.3) is 0 Å². The Labute approximate surface area is 182 Å². The minimum Gasteiger partial charge on any atom is -0.394 e. The van der Waals surface area contributed by atoms with Crippen LogP contribution >= 0.6 is 0 Å². The van der Waals surface area contributed by atoms with E-state index in [4.69, 9.17) is 15.6 Å². The number of aliphatic hydroxyl groups excluding tert-OH is 10. The average molecular weight is 475 g/mol. The van der Waals surface area contributed by atoms with Crippen LogP contribution in [0.25, 0.3) is 0 Å². The SMILES string of the molecule is [2H][C@@]1([C@@]2(O)CO[C@@H](O)[C@H](O)[C@]2(O)[C@@H]2O[C@H](CO)[C@H](O)[C@H](O)[C@H]2O)O[C@H](CO)[C@H](O)[C@H](O)[C@H]1O. The molecule has 3 fully saturated rings. The van der Waals surface area contributed by atoms with Crippen LogP contribution in [0.4, 0.5) is 0 Å². The van der Waals surface area contributed by atoms with Crippen molar-refractivity contribution in [2.75, 3.05) is 19.8 Å². The molecular formula is C17H30O15. The second kappa shape index (κ2) is 9.21. The van der Waals surface area contributed by atoms with Gasteiger partial charge < -0.3 is 75.5 Å². The molecule has 0 unspecified atom stereocenters. The lowest BCUT2D eigenvalue weighted by Crippen LogP contribution is -2.84. The van der Waals surface area contributed by atoms with Crippen LogP contribution < -0.4 is 0 Å². The average Bonchev–Trinajstić information content (AvgIpc) is 2.79. The molecule has 0 radical (unpaired) electrons. The van der Waals surface area contributed by atoms with E-state index in [1.165, 1.54) is 0 Å². The van der Waals surface area contributed by atoms with Gasteiger partial charge in [0.2, 0.25) is 0 Å². The Kier molecular flexibility index (Phi) is 7.06. The van der Waals surface area contributed by atoms with Gasteiger partial charge in [0.05, 0.1) is 21.2 Å². The molecule has 0 aromatic carbocycles. The summed E-state index contributed by atoms with van der Waals surface area (Å²) >= 11 is 0. The van der Waals surface area contributed by atoms with Gasteiger partial charge in [0, 0.05) is 0 Å². The highest BCUT2D eigenvalue weighted by atomic mass is 16.6. The van der Waals surface area contributed by atoms with Gasteiger partial charge in [-0.3, -0.25) is 0 Å². The van der Waals surface area contributed by atoms with Gasteiger partial charge >= 0.3 is 0 Å². The Balaban J connectivity index is 2.16. The maximum Gasteiger partial charge on any atom is 0.184 e. The zero-order valence-corrected chi connectivity index (χ0v) is 16.6. The first-order valence-corrected chi connectivity index (χ1v) is 9.78. The van der Waals surface area contributed by atoms with Crippen LogP contribution in [-0.4, -0.2) is 166 Å². The molecule has 3 aliphatic rings. The molecule has 15 heteroatoms. The topological polar surface area (TPSA) is 270 Å². The molecule has 0 saturated carbocycles. The third kappa shape index (κ3) is 3.67. The molecule has 0 aliphatic carbocycles. The number of ether oxygens (including phenoxy) is 3. The summed E-state index contributed by atoms with van der Waals surface area (Å²) in [6, 6.07) is 0. The largest absolute Gasteiger partial charge is 0.394 e. The summed E-state index contributed by atoms with van der Waals surface area (Å²) in [5.74, 6) is 0. The minimum absolute atomic E-state index is 0.978. The Morgan fingerprint density at radius 3 is 1.75 bits per heavy atom. The number of hydrogen-bond acceptors (Lipinski definition) is 15. The molecule has 0 aromatic rings. The van der Waals surface area contributed by atoms with Gasteiger partial charge in [0.15, 0.2) is 17.5 Å². The van der Waals surface area contributed by atoms with E-state index in [0.717, 1.165) is 0 Å². The van der Waals surface area contributed by atoms with Crippen molar-refractivity contribution in [3.8, 4) is 0 Å². The number of aliphatic hydroxyl groups is 12. The highest BCUT2D eigenvalue weighted by Crippen LogP contribution is 2.46. The van der Waals surface area contributed by atoms with E-state index in [9.17, 15) is 61.3 Å². The molecule has 0 aromatic heterocycles. The summed E-state index contributed by atoms with van der Waals surface area (Å²) in [5, 5.41) is 124. The third-order valence-corrected chi connectivity index (χ3v) is 6.36. The fourth-order valence-corrected chi connectivity index (χ4v) is 4.36. The quantitative estimate of drug-likeness (QED) is 0.180. The van der Waals surface area contributed by atoms with Crippen molar-refractivity contribution in [3.05, 3.63) is 0 Å². The Hall–Kier alpha value is -0.600. The van der Waals surface area contributed by atoms with Gasteiger partial charge in [-0.25, -0.2) is 0 Å². The van der Waals surface area contributed by atoms with Crippen molar-refractivity contribution in [3.63, 3.8) is 0 Å². The van der Waals surface area contributed by atoms with Crippen molar-refractivity contribution < 1.29 is 76.9 Å². The lowest BCUT2D eigenvalue weighted by molar-refractivity contribution is -0.406. The first-order chi connectivity index (χ1) is 15.2. The van der Waals surface area contributed by atoms with E-state index >= 15 is 0 Å². The Bertz CT molecular complexity index is 699. The first kappa shape index (κ1) is 24.5. The predicted octanol–water partition coefficient (Wildman–Crippen LogP) is -8.16. The molecule has 0 amide bonds. The van der Waals surface area contributed by atoms with Crippen molar-refractivity contribution in [1.29, 1.82) is 0 Å². The van der Waals surface area contributed by atoms with Crippen molar-refractivity contribution in [2.45, 2.75) is 84.6 Å². The van der Waals surface area contributed by atoms with Gasteiger partial charge in [0.1, 0.15) is 67.1 Å². The van der Waals surface area contributed by atoms with E-state index < -0.39 is 104 Å². The molecule has 12 N–H and O–H groups in total. The number of hydrogen-bond donors (Lipinski definition) is 12. The van der Waals surface area contributed by atoms with Crippen LogP contribution in [-0.2, 0) is 14.2 Å². The monoisotopic (exact) mass is 475 g/mol. The van der Waals surface area contributed by atoms with Crippen molar-refractivity contribution in [1.82, 2.24) is 0 Å². The van der Waals surface area contributed by atoms with E-state index in [0.29, 0.717) is 0 Å². The standard InChI is InChI=1S/C17H30O15/c18-1-4-6(20)8(22)10(24)13(31-4)16(28)3-30-15(27)12(26)17(16,29)14-11(25)9(23)7(21)5(2-19)32-14/h4-15,18-29H,1-3H2/t4-,5-,6+,7+,8+,9+,10-,11-,12+,13-,14-,15-,16+,17+/m1/s1/i13D. The summed E-state index contributed by atoms with van der Waals surface area (Å²) in [5.41, 5.74) is -6.87. The van der Waals surface area contributed by atoms with Crippen LogP contribution in [0, 0.1) is 0 Å². The molecule has 188 valence electrons. The molecule has 3 rings (SSSR count). The highest BCUT2D eigenvalue weighted by molar-refractivity contribution is 5.21. The van der Waals surface area contributed by atoms with Gasteiger partial charge in [-0.2, -0.15) is 0 Å². The van der Waals surface area contributed by atoms with E-state index in [1.807, 2.05) is 0 Å². The summed E-state index contributed by atoms with van der Waals surface area (Å²) in [7, 11) is 0. The molecule has 15 nitrogen and oxygen atoms in total. The lowest BCUT2D eigenvalue weighted by atomic mass is 9.65. The zero-order valence-electron chi connectivity index (χ0n) is 17.6. The van der Waals surface area contributed by atoms with Gasteiger partial charge in [-0.05, 0) is 0 Å². The van der Waals surface area contributed by atoms with Gasteiger partial charge in [-0.15, -0.1) is 0 Å². The molecule has 3 heterocycles. The number of rotatable bonds is 4. The predicted molar refractivity (Wildman–Crippen MR) is 95.4 cm³/mol. The van der Waals surface area contributed by atoms with Crippen LogP contribution in [0.3, 0.4) is 0 Å². The van der Waals surface area contributed by atoms with Crippen LogP contribution in [0.1, 0.15) is 1.37 Å². The molecule has 14 atom stereocenters. The maximum absolute atomic E-state index is 11.6. The molecule has 3 aliphatic heterocycles. The lowest BCUT2D eigenvalue weighted by Gasteiger charge is -2.60. The fraction of sp³-hybridized carbons (Fsp3) is 1.00. The van der Waals surface area contributed by atoms with Crippen LogP contribution in [0.2, 0.25) is 0 Å². The minimum atomic E-state index is -3.45. The summed E-state index contributed by atoms with van der Waals surface area (Å²) < 4.78 is 23.8. The van der Waals surface area contributed by atoms with Crippen molar-refractivity contribution >= 4 is 0 Å². The second-order valence-electron chi connectivity index (χ2n) is 8.21. The summed E-state index contributed by atoms with van der Waals surface area (Å²) in [6.45, 7) is -3.32. The highest BCUT2D eigenvalue weighted by Gasteiger charge is 2.72. The fourth-order valence-electron chi connectivity index (χ4n) is 4.36. The summed E-state index contributed by atoms with van der Waals surface area (Å²) in [4.78, 5) is 0. The van der Waals surface area contributed by atoms with E-state index in [2.05, 4.69) is 0 Å². The molecular weight excluding hydrogens is 444 g/mol. The summed E-state index contributed by atoms with van der Waals surface area (Å²) in [6.07, 6.45) is -27.1. The van der Waals surface area contributed by atoms with Crippen molar-refractivity contribution in [2.24, 2.45) is 0 Å². The zero-order chi connectivity index (χ0) is 25.1. The van der Waals surface area contributed by atoms with Crippen LogP contribution in [0.15, 0.2) is 0 Å². The molecule has 3 saturated heterocycles. The van der Waals surface area contributed by atoms with E-state index in [-0.39, 0.29) is 0 Å². The van der Waals surface area contributed by atoms with E-state index in [1.54, 1.807) is 0 Å². The first-order valence-electron chi connectivity index (χ1n) is 10.3. The Morgan fingerprint density at radius 2 is 1.22 bits per heavy atom. The normalized spacial score (nSPS) is 60.1. The molecule has 32 heavy (non-hydrogen) atoms. The molecule has 0 spiro atoms.